The lowest BCUT2D eigenvalue weighted by molar-refractivity contribution is 0.00990. The Morgan fingerprint density at radius 3 is 2.64 bits per heavy atom. The van der Waals surface area contributed by atoms with Crippen LogP contribution >= 0.6 is 0 Å². The minimum atomic E-state index is -0.338. The van der Waals surface area contributed by atoms with Gasteiger partial charge in [-0.1, -0.05) is 6.92 Å². The number of hydrogen-bond acceptors (Lipinski definition) is 3. The molecule has 1 aliphatic rings. The number of hydrogen-bond donors (Lipinski definition) is 1. The molecule has 4 atom stereocenters. The van der Waals surface area contributed by atoms with Gasteiger partial charge in [0.1, 0.15) is 7.85 Å². The molecule has 4 heteroatoms. The predicted molar refractivity (Wildman–Crippen MR) is 44.3 cm³/mol. The quantitative estimate of drug-likeness (QED) is 0.523. The van der Waals surface area contributed by atoms with Crippen molar-refractivity contribution >= 4 is 7.85 Å². The molecule has 1 saturated heterocycles. The van der Waals surface area contributed by atoms with E-state index in [0.717, 1.165) is 0 Å². The van der Waals surface area contributed by atoms with Crippen molar-refractivity contribution in [2.75, 3.05) is 13.7 Å². The molecule has 0 aromatic heterocycles. The van der Waals surface area contributed by atoms with Crippen molar-refractivity contribution in [2.45, 2.75) is 25.1 Å². The lowest BCUT2D eigenvalue weighted by Gasteiger charge is -2.13. The van der Waals surface area contributed by atoms with Crippen molar-refractivity contribution in [3.8, 4) is 0 Å². The Labute approximate surface area is 68.1 Å². The van der Waals surface area contributed by atoms with Crippen LogP contribution < -0.4 is 0 Å². The fourth-order valence-corrected chi connectivity index (χ4v) is 1.48. The van der Waals surface area contributed by atoms with Crippen LogP contribution in [0.4, 0.5) is 0 Å². The van der Waals surface area contributed by atoms with Crippen molar-refractivity contribution < 1.29 is 14.6 Å². The molecular weight excluding hydrogens is 143 g/mol. The summed E-state index contributed by atoms with van der Waals surface area (Å²) in [5.41, 5.74) is 0. The van der Waals surface area contributed by atoms with Gasteiger partial charge < -0.3 is 14.6 Å². The van der Waals surface area contributed by atoms with Gasteiger partial charge in [0.2, 0.25) is 0 Å². The Bertz CT molecular complexity index is 131. The number of ether oxygens (including phenoxy) is 2. The third-order valence-corrected chi connectivity index (χ3v) is 2.33. The summed E-state index contributed by atoms with van der Waals surface area (Å²) in [6.07, 6.45) is -0.278. The van der Waals surface area contributed by atoms with E-state index in [1.807, 2.05) is 14.8 Å². The summed E-state index contributed by atoms with van der Waals surface area (Å²) in [5.74, 6) is 0.185. The molecule has 0 bridgehead atoms. The van der Waals surface area contributed by atoms with Crippen LogP contribution in [0.15, 0.2) is 0 Å². The summed E-state index contributed by atoms with van der Waals surface area (Å²) < 4.78 is 10.4. The minimum absolute atomic E-state index is 0.0508. The van der Waals surface area contributed by atoms with Crippen LogP contribution in [0.5, 0.6) is 0 Å². The van der Waals surface area contributed by atoms with E-state index >= 15 is 0 Å². The average molecular weight is 158 g/mol. The van der Waals surface area contributed by atoms with Crippen LogP contribution in [-0.4, -0.2) is 44.9 Å². The van der Waals surface area contributed by atoms with Crippen LogP contribution in [0.1, 0.15) is 6.92 Å². The smallest absolute Gasteiger partial charge is 0.142 e. The fourth-order valence-electron chi connectivity index (χ4n) is 1.48. The molecule has 64 valence electrons. The van der Waals surface area contributed by atoms with E-state index in [1.165, 1.54) is 0 Å². The molecule has 0 saturated carbocycles. The highest BCUT2D eigenvalue weighted by atomic mass is 16.5. The highest BCUT2D eigenvalue weighted by molar-refractivity contribution is 6.11. The Kier molecular flexibility index (Phi) is 2.93. The molecule has 0 aromatic rings. The van der Waals surface area contributed by atoms with Crippen LogP contribution in [0.25, 0.3) is 0 Å². The molecule has 3 nitrogen and oxygen atoms in total. The van der Waals surface area contributed by atoms with Crippen LogP contribution in [0.3, 0.4) is 0 Å². The third-order valence-electron chi connectivity index (χ3n) is 2.33. The number of rotatable bonds is 2. The molecular formula is C7H15BO3. The summed E-state index contributed by atoms with van der Waals surface area (Å²) in [5, 5.41) is 9.48. The lowest BCUT2D eigenvalue weighted by atomic mass is 9.89. The van der Waals surface area contributed by atoms with Crippen LogP contribution in [0.2, 0.25) is 0 Å². The van der Waals surface area contributed by atoms with Gasteiger partial charge in [0.05, 0.1) is 24.8 Å². The van der Waals surface area contributed by atoms with Gasteiger partial charge in [0, 0.05) is 13.0 Å². The topological polar surface area (TPSA) is 38.7 Å². The zero-order chi connectivity index (χ0) is 8.43. The van der Waals surface area contributed by atoms with Crippen LogP contribution in [-0.2, 0) is 9.47 Å². The van der Waals surface area contributed by atoms with Gasteiger partial charge in [0.15, 0.2) is 0 Å². The Morgan fingerprint density at radius 2 is 2.27 bits per heavy atom. The van der Waals surface area contributed by atoms with Gasteiger partial charge in [-0.25, -0.2) is 0 Å². The largest absolute Gasteiger partial charge is 0.391 e. The highest BCUT2D eigenvalue weighted by Gasteiger charge is 2.37. The minimum Gasteiger partial charge on any atom is -0.391 e. The molecule has 1 aliphatic heterocycles. The summed E-state index contributed by atoms with van der Waals surface area (Å²) in [4.78, 5) is 0. The van der Waals surface area contributed by atoms with Crippen molar-refractivity contribution in [3.63, 3.8) is 0 Å². The molecule has 0 unspecified atom stereocenters. The standard InChI is InChI=1S/C7H15BO3/c1-4-5(3-10-2)11-7(8)6(4)9/h4-7,9H,3,8H2,1-2H3/t4-,5-,6-,7-/m1/s1. The molecule has 0 spiro atoms. The first-order valence-electron chi connectivity index (χ1n) is 3.99. The fraction of sp³-hybridized carbons (Fsp3) is 1.00. The maximum absolute atomic E-state index is 9.48. The first kappa shape index (κ1) is 9.04. The van der Waals surface area contributed by atoms with E-state index in [1.54, 1.807) is 7.11 Å². The van der Waals surface area contributed by atoms with Crippen molar-refractivity contribution in [1.82, 2.24) is 0 Å². The molecule has 11 heavy (non-hydrogen) atoms. The first-order valence-corrected chi connectivity index (χ1v) is 3.99. The van der Waals surface area contributed by atoms with Crippen molar-refractivity contribution in [1.29, 1.82) is 0 Å². The van der Waals surface area contributed by atoms with E-state index in [4.69, 9.17) is 9.47 Å². The Hall–Kier alpha value is -0.0551. The predicted octanol–water partition coefficient (Wildman–Crippen LogP) is -1.01. The molecule has 0 aromatic carbocycles. The summed E-state index contributed by atoms with van der Waals surface area (Å²) in [6, 6.07) is -0.0508. The van der Waals surface area contributed by atoms with E-state index in [0.29, 0.717) is 6.61 Å². The second kappa shape index (κ2) is 3.56. The molecule has 1 fully saturated rings. The van der Waals surface area contributed by atoms with Crippen LogP contribution in [0, 0.1) is 5.92 Å². The average Bonchev–Trinajstić information content (AvgIpc) is 2.19. The monoisotopic (exact) mass is 158 g/mol. The van der Waals surface area contributed by atoms with Gasteiger partial charge in [0.25, 0.3) is 0 Å². The summed E-state index contributed by atoms with van der Waals surface area (Å²) >= 11 is 0. The highest BCUT2D eigenvalue weighted by Crippen LogP contribution is 2.24. The molecule has 1 heterocycles. The van der Waals surface area contributed by atoms with Gasteiger partial charge in [-0.15, -0.1) is 0 Å². The molecule has 1 rings (SSSR count). The Balaban J connectivity index is 2.45. The number of aliphatic hydroxyl groups is 1. The molecule has 0 amide bonds. The van der Waals surface area contributed by atoms with Gasteiger partial charge in [-0.05, 0) is 0 Å². The first-order chi connectivity index (χ1) is 5.16. The van der Waals surface area contributed by atoms with Gasteiger partial charge >= 0.3 is 0 Å². The number of methoxy groups -OCH3 is 1. The maximum Gasteiger partial charge on any atom is 0.142 e. The summed E-state index contributed by atoms with van der Waals surface area (Å²) in [7, 11) is 3.53. The molecule has 0 aliphatic carbocycles. The SMILES string of the molecule is B[C@@H]1O[C@H](COC)[C@@H](C)[C@H]1O. The second-order valence-corrected chi connectivity index (χ2v) is 3.18. The molecule has 1 N–H and O–H groups in total. The zero-order valence-electron chi connectivity index (χ0n) is 7.28. The Morgan fingerprint density at radius 1 is 1.64 bits per heavy atom. The van der Waals surface area contributed by atoms with Gasteiger partial charge in [-0.2, -0.15) is 0 Å². The van der Waals surface area contributed by atoms with E-state index in [2.05, 4.69) is 0 Å². The molecule has 0 radical (unpaired) electrons. The van der Waals surface area contributed by atoms with Gasteiger partial charge in [-0.3, -0.25) is 0 Å². The second-order valence-electron chi connectivity index (χ2n) is 3.18. The van der Waals surface area contributed by atoms with Crippen molar-refractivity contribution in [2.24, 2.45) is 5.92 Å². The van der Waals surface area contributed by atoms with E-state index in [-0.39, 0.29) is 24.1 Å². The lowest BCUT2D eigenvalue weighted by Crippen LogP contribution is -2.26. The normalized spacial score (nSPS) is 44.6. The maximum atomic E-state index is 9.48. The number of aliphatic hydroxyl groups excluding tert-OH is 1. The summed E-state index contributed by atoms with van der Waals surface area (Å²) in [6.45, 7) is 2.56. The third kappa shape index (κ3) is 1.75. The van der Waals surface area contributed by atoms with E-state index < -0.39 is 0 Å². The van der Waals surface area contributed by atoms with Crippen molar-refractivity contribution in [3.05, 3.63) is 0 Å². The van der Waals surface area contributed by atoms with E-state index in [9.17, 15) is 5.11 Å². The zero-order valence-corrected chi connectivity index (χ0v) is 7.28.